The molecule has 20 heavy (non-hydrogen) atoms. The molecule has 0 radical (unpaired) electrons. The van der Waals surface area contributed by atoms with Crippen LogP contribution in [0.15, 0.2) is 5.16 Å². The number of rotatable bonds is 4. The number of hydrogen-bond acceptors (Lipinski definition) is 5. The minimum Gasteiger partial charge on any atom is -0.381 e. The third kappa shape index (κ3) is 3.35. The van der Waals surface area contributed by atoms with Crippen LogP contribution in [0.5, 0.6) is 0 Å². The predicted octanol–water partition coefficient (Wildman–Crippen LogP) is 1.80. The van der Waals surface area contributed by atoms with Crippen LogP contribution in [0.3, 0.4) is 0 Å². The first-order valence-corrected chi connectivity index (χ1v) is 8.63. The highest BCUT2D eigenvalue weighted by Crippen LogP contribution is 2.28. The van der Waals surface area contributed by atoms with Crippen LogP contribution in [-0.2, 0) is 11.8 Å². The van der Waals surface area contributed by atoms with Crippen LogP contribution >= 0.6 is 11.8 Å². The fourth-order valence-electron chi connectivity index (χ4n) is 3.02. The monoisotopic (exact) mass is 296 g/mol. The van der Waals surface area contributed by atoms with Crippen LogP contribution in [0.1, 0.15) is 37.4 Å². The molecule has 0 aliphatic carbocycles. The molecule has 0 spiro atoms. The quantitative estimate of drug-likeness (QED) is 0.859. The van der Waals surface area contributed by atoms with Gasteiger partial charge in [-0.15, -0.1) is 10.2 Å². The Balaban J connectivity index is 1.58. The average molecular weight is 296 g/mol. The van der Waals surface area contributed by atoms with Gasteiger partial charge in [-0.05, 0) is 44.7 Å². The number of ether oxygens (including phenoxy) is 1. The molecule has 0 unspecified atom stereocenters. The summed E-state index contributed by atoms with van der Waals surface area (Å²) in [4.78, 5) is 0. The van der Waals surface area contributed by atoms with Gasteiger partial charge in [-0.3, -0.25) is 0 Å². The lowest BCUT2D eigenvalue weighted by molar-refractivity contribution is 0.0632. The summed E-state index contributed by atoms with van der Waals surface area (Å²) < 4.78 is 7.74. The Morgan fingerprint density at radius 3 is 2.90 bits per heavy atom. The number of aromatic nitrogens is 3. The van der Waals surface area contributed by atoms with E-state index in [-0.39, 0.29) is 0 Å². The van der Waals surface area contributed by atoms with Crippen LogP contribution in [0.4, 0.5) is 0 Å². The molecule has 1 aromatic heterocycles. The minimum absolute atomic E-state index is 0.570. The molecule has 6 heteroatoms. The molecule has 2 aliphatic heterocycles. The Kier molecular flexibility index (Phi) is 4.96. The summed E-state index contributed by atoms with van der Waals surface area (Å²) in [6.45, 7) is 4.04. The molecule has 1 aromatic rings. The Morgan fingerprint density at radius 2 is 2.15 bits per heavy atom. The summed E-state index contributed by atoms with van der Waals surface area (Å²) in [5.41, 5.74) is 0. The van der Waals surface area contributed by atoms with Crippen molar-refractivity contribution in [3.8, 4) is 0 Å². The average Bonchev–Trinajstić information content (AvgIpc) is 2.88. The first kappa shape index (κ1) is 14.4. The lowest BCUT2D eigenvalue weighted by atomic mass is 9.97. The summed E-state index contributed by atoms with van der Waals surface area (Å²) in [7, 11) is 2.11. The summed E-state index contributed by atoms with van der Waals surface area (Å²) in [5.74, 6) is 3.50. The van der Waals surface area contributed by atoms with Crippen molar-refractivity contribution in [3.63, 3.8) is 0 Å². The third-order valence-electron chi connectivity index (χ3n) is 4.28. The zero-order valence-electron chi connectivity index (χ0n) is 12.2. The van der Waals surface area contributed by atoms with E-state index in [9.17, 15) is 0 Å². The maximum Gasteiger partial charge on any atom is 0.190 e. The molecular formula is C14H24N4OS. The molecule has 112 valence electrons. The molecular weight excluding hydrogens is 272 g/mol. The van der Waals surface area contributed by atoms with E-state index in [1.807, 2.05) is 11.8 Å². The van der Waals surface area contributed by atoms with Crippen molar-refractivity contribution in [1.29, 1.82) is 0 Å². The van der Waals surface area contributed by atoms with E-state index in [1.165, 1.54) is 25.7 Å². The highest BCUT2D eigenvalue weighted by molar-refractivity contribution is 7.99. The molecule has 3 rings (SSSR count). The fraction of sp³-hybridized carbons (Fsp3) is 0.857. The van der Waals surface area contributed by atoms with Gasteiger partial charge in [0.25, 0.3) is 0 Å². The topological polar surface area (TPSA) is 52.0 Å². The number of nitrogens with zero attached hydrogens (tertiary/aromatic N) is 3. The van der Waals surface area contributed by atoms with Gasteiger partial charge < -0.3 is 14.6 Å². The standard InChI is InChI=1S/C14H24N4OS/c1-18-13(12-4-6-15-7-5-12)16-17-14(18)20-10-11-3-2-8-19-9-11/h11-12,15H,2-10H2,1H3/t11-/m1/s1. The van der Waals surface area contributed by atoms with Gasteiger partial charge in [0, 0.05) is 25.3 Å². The summed E-state index contributed by atoms with van der Waals surface area (Å²) >= 11 is 1.83. The zero-order chi connectivity index (χ0) is 13.8. The molecule has 3 heterocycles. The molecule has 1 N–H and O–H groups in total. The Labute approximate surface area is 124 Å². The number of piperidine rings is 1. The largest absolute Gasteiger partial charge is 0.381 e. The lowest BCUT2D eigenvalue weighted by Gasteiger charge is -2.22. The maximum absolute atomic E-state index is 5.54. The predicted molar refractivity (Wildman–Crippen MR) is 80.1 cm³/mol. The smallest absolute Gasteiger partial charge is 0.190 e. The molecule has 0 bridgehead atoms. The Bertz CT molecular complexity index is 425. The molecule has 0 saturated carbocycles. The van der Waals surface area contributed by atoms with Gasteiger partial charge in [0.15, 0.2) is 5.16 Å². The van der Waals surface area contributed by atoms with Crippen molar-refractivity contribution in [1.82, 2.24) is 20.1 Å². The van der Waals surface area contributed by atoms with Crippen molar-refractivity contribution in [3.05, 3.63) is 5.82 Å². The van der Waals surface area contributed by atoms with Gasteiger partial charge in [0.2, 0.25) is 0 Å². The minimum atomic E-state index is 0.570. The van der Waals surface area contributed by atoms with E-state index in [0.29, 0.717) is 11.8 Å². The van der Waals surface area contributed by atoms with Crippen molar-refractivity contribution in [2.75, 3.05) is 32.1 Å². The molecule has 5 nitrogen and oxygen atoms in total. The van der Waals surface area contributed by atoms with E-state index in [2.05, 4.69) is 27.1 Å². The molecule has 0 aromatic carbocycles. The third-order valence-corrected chi connectivity index (χ3v) is 5.53. The second-order valence-electron chi connectivity index (χ2n) is 5.82. The lowest BCUT2D eigenvalue weighted by Crippen LogP contribution is -2.27. The second-order valence-corrected chi connectivity index (χ2v) is 6.81. The number of nitrogens with one attached hydrogen (secondary N) is 1. The van der Waals surface area contributed by atoms with E-state index in [4.69, 9.17) is 4.74 Å². The molecule has 0 amide bonds. The first-order chi connectivity index (χ1) is 9.84. The van der Waals surface area contributed by atoms with Crippen molar-refractivity contribution < 1.29 is 4.74 Å². The van der Waals surface area contributed by atoms with Crippen molar-refractivity contribution >= 4 is 11.8 Å². The number of hydrogen-bond donors (Lipinski definition) is 1. The van der Waals surface area contributed by atoms with Crippen LogP contribution in [0.25, 0.3) is 0 Å². The normalized spacial score (nSPS) is 24.9. The highest BCUT2D eigenvalue weighted by Gasteiger charge is 2.22. The van der Waals surface area contributed by atoms with E-state index < -0.39 is 0 Å². The van der Waals surface area contributed by atoms with Crippen LogP contribution in [0, 0.1) is 5.92 Å². The molecule has 2 aliphatic rings. The van der Waals surface area contributed by atoms with Gasteiger partial charge in [-0.25, -0.2) is 0 Å². The van der Waals surface area contributed by atoms with Gasteiger partial charge in [-0.1, -0.05) is 11.8 Å². The first-order valence-electron chi connectivity index (χ1n) is 7.65. The molecule has 2 saturated heterocycles. The SMILES string of the molecule is Cn1c(SC[C@@H]2CCCOC2)nnc1C1CCNCC1. The van der Waals surface area contributed by atoms with Crippen molar-refractivity contribution in [2.24, 2.45) is 13.0 Å². The maximum atomic E-state index is 5.54. The van der Waals surface area contributed by atoms with E-state index in [1.54, 1.807) is 0 Å². The fourth-order valence-corrected chi connectivity index (χ4v) is 4.05. The Morgan fingerprint density at radius 1 is 1.30 bits per heavy atom. The van der Waals surface area contributed by atoms with Gasteiger partial charge in [0.1, 0.15) is 5.82 Å². The second kappa shape index (κ2) is 6.91. The van der Waals surface area contributed by atoms with E-state index in [0.717, 1.165) is 43.0 Å². The zero-order valence-corrected chi connectivity index (χ0v) is 13.0. The van der Waals surface area contributed by atoms with Crippen LogP contribution in [0.2, 0.25) is 0 Å². The van der Waals surface area contributed by atoms with Crippen molar-refractivity contribution in [2.45, 2.75) is 36.8 Å². The number of thioether (sulfide) groups is 1. The summed E-state index contributed by atoms with van der Waals surface area (Å²) in [5, 5.41) is 13.3. The molecule has 2 fully saturated rings. The van der Waals surface area contributed by atoms with Gasteiger partial charge in [0.05, 0.1) is 6.61 Å². The van der Waals surface area contributed by atoms with E-state index >= 15 is 0 Å². The Hall–Kier alpha value is -0.590. The van der Waals surface area contributed by atoms with Gasteiger partial charge in [-0.2, -0.15) is 0 Å². The van der Waals surface area contributed by atoms with Crippen LogP contribution in [-0.4, -0.2) is 46.8 Å². The van der Waals surface area contributed by atoms with Crippen LogP contribution < -0.4 is 5.32 Å². The highest BCUT2D eigenvalue weighted by atomic mass is 32.2. The summed E-state index contributed by atoms with van der Waals surface area (Å²) in [6.07, 6.45) is 4.83. The molecule has 1 atom stereocenters. The summed E-state index contributed by atoms with van der Waals surface area (Å²) in [6, 6.07) is 0. The van der Waals surface area contributed by atoms with Gasteiger partial charge >= 0.3 is 0 Å².